The van der Waals surface area contributed by atoms with Crippen molar-refractivity contribution in [3.05, 3.63) is 26.9 Å². The van der Waals surface area contributed by atoms with Gasteiger partial charge in [-0.3, -0.25) is 0 Å². The van der Waals surface area contributed by atoms with E-state index in [9.17, 15) is 23.3 Å². The Labute approximate surface area is 94.2 Å². The fourth-order valence-corrected chi connectivity index (χ4v) is 1.93. The molecule has 9 heteroatoms. The van der Waals surface area contributed by atoms with Crippen LogP contribution in [0.2, 0.25) is 0 Å². The smallest absolute Gasteiger partial charge is 0.358 e. The lowest BCUT2D eigenvalue weighted by atomic mass is 10.5. The summed E-state index contributed by atoms with van der Waals surface area (Å²) >= 11 is 2.39. The summed E-state index contributed by atoms with van der Waals surface area (Å²) in [6.45, 7) is 0. The van der Waals surface area contributed by atoms with Gasteiger partial charge in [0.1, 0.15) is 4.47 Å². The van der Waals surface area contributed by atoms with Gasteiger partial charge in [0.05, 0.1) is 4.90 Å². The molecular weight excluding hydrogens is 301 g/mol. The van der Waals surface area contributed by atoms with E-state index in [2.05, 4.69) is 20.9 Å². The average Bonchev–Trinajstić information content (AvgIpc) is 1.99. The van der Waals surface area contributed by atoms with Gasteiger partial charge in [-0.05, 0) is 43.7 Å². The predicted molar refractivity (Wildman–Crippen MR) is 50.5 cm³/mol. The van der Waals surface area contributed by atoms with Crippen LogP contribution in [0.3, 0.4) is 0 Å². The van der Waals surface area contributed by atoms with Gasteiger partial charge in [0.25, 0.3) is 0 Å². The second kappa shape index (κ2) is 4.35. The van der Waals surface area contributed by atoms with E-state index in [-0.39, 0.29) is 21.1 Å². The van der Waals surface area contributed by atoms with Crippen molar-refractivity contribution >= 4 is 33.5 Å². The molecule has 0 saturated heterocycles. The number of hydrogen-bond donors (Lipinski definition) is 0. The van der Waals surface area contributed by atoms with Crippen LogP contribution in [0.25, 0.3) is 0 Å². The first-order valence-electron chi connectivity index (χ1n) is 3.35. The first-order valence-corrected chi connectivity index (χ1v) is 4.96. The summed E-state index contributed by atoms with van der Waals surface area (Å²) in [6, 6.07) is 1.00. The number of alkyl halides is 3. The number of hydrogen-bond acceptors (Lipinski definition) is 4. The van der Waals surface area contributed by atoms with Crippen molar-refractivity contribution in [3.63, 3.8) is 0 Å². The Morgan fingerprint density at radius 1 is 1.53 bits per heavy atom. The maximum Gasteiger partial charge on any atom is 0.446 e. The van der Waals surface area contributed by atoms with Crippen LogP contribution in [0, 0.1) is 10.1 Å². The molecule has 0 aromatic carbocycles. The highest BCUT2D eigenvalue weighted by atomic mass is 79.9. The van der Waals surface area contributed by atoms with E-state index >= 15 is 0 Å². The maximum absolute atomic E-state index is 11.9. The topological polar surface area (TPSA) is 56.0 Å². The summed E-state index contributed by atoms with van der Waals surface area (Å²) in [5.74, 6) is -0.512. The molecule has 0 amide bonds. The van der Waals surface area contributed by atoms with Gasteiger partial charge in [-0.2, -0.15) is 13.2 Å². The average molecular weight is 303 g/mol. The minimum Gasteiger partial charge on any atom is -0.358 e. The van der Waals surface area contributed by atoms with E-state index in [1.54, 1.807) is 0 Å². The first kappa shape index (κ1) is 12.2. The van der Waals surface area contributed by atoms with Crippen LogP contribution in [-0.2, 0) is 0 Å². The molecule has 82 valence electrons. The van der Waals surface area contributed by atoms with Crippen LogP contribution < -0.4 is 0 Å². The highest BCUT2D eigenvalue weighted by Crippen LogP contribution is 2.38. The zero-order chi connectivity index (χ0) is 11.6. The lowest BCUT2D eigenvalue weighted by molar-refractivity contribution is -0.390. The van der Waals surface area contributed by atoms with Crippen LogP contribution in [-0.4, -0.2) is 15.4 Å². The van der Waals surface area contributed by atoms with E-state index in [4.69, 9.17) is 0 Å². The SMILES string of the molecule is O=[N+]([O-])c1ncc(SC(F)(F)F)cc1Br. The van der Waals surface area contributed by atoms with Gasteiger partial charge in [-0.25, -0.2) is 0 Å². The summed E-state index contributed by atoms with van der Waals surface area (Å²) < 4.78 is 35.7. The molecule has 0 spiro atoms. The van der Waals surface area contributed by atoms with E-state index in [0.29, 0.717) is 0 Å². The fourth-order valence-electron chi connectivity index (χ4n) is 0.737. The molecule has 0 fully saturated rings. The van der Waals surface area contributed by atoms with Crippen LogP contribution in [0.15, 0.2) is 21.6 Å². The molecule has 0 unspecified atom stereocenters. The Kier molecular flexibility index (Phi) is 3.55. The van der Waals surface area contributed by atoms with Gasteiger partial charge in [0.2, 0.25) is 0 Å². The molecule has 1 aromatic heterocycles. The van der Waals surface area contributed by atoms with E-state index in [1.165, 1.54) is 0 Å². The Morgan fingerprint density at radius 3 is 2.53 bits per heavy atom. The molecule has 0 atom stereocenters. The van der Waals surface area contributed by atoms with Gasteiger partial charge in [0.15, 0.2) is 6.20 Å². The van der Waals surface area contributed by atoms with Crippen LogP contribution in [0.4, 0.5) is 19.0 Å². The molecule has 0 saturated carbocycles. The standard InChI is InChI=1S/C6H2BrF3N2O2S/c7-4-1-3(15-6(8,9)10)2-11-5(4)12(13)14/h1-2H. The van der Waals surface area contributed by atoms with E-state index in [1.807, 2.05) is 0 Å². The largest absolute Gasteiger partial charge is 0.446 e. The highest BCUT2D eigenvalue weighted by molar-refractivity contribution is 9.10. The summed E-state index contributed by atoms with van der Waals surface area (Å²) in [5, 5.41) is 10.3. The monoisotopic (exact) mass is 302 g/mol. The summed E-state index contributed by atoms with van der Waals surface area (Å²) in [6.07, 6.45) is 0.807. The third kappa shape index (κ3) is 3.67. The Bertz CT molecular complexity index is 398. The Balaban J connectivity index is 2.97. The summed E-state index contributed by atoms with van der Waals surface area (Å²) in [4.78, 5) is 12.6. The highest BCUT2D eigenvalue weighted by Gasteiger charge is 2.30. The normalized spacial score (nSPS) is 11.5. The molecule has 0 aliphatic rings. The molecule has 0 aliphatic carbocycles. The number of thioether (sulfide) groups is 1. The number of aromatic nitrogens is 1. The lowest BCUT2D eigenvalue weighted by Crippen LogP contribution is -2.00. The fraction of sp³-hybridized carbons (Fsp3) is 0.167. The number of nitro groups is 1. The minimum atomic E-state index is -4.43. The van der Waals surface area contributed by atoms with Crippen LogP contribution in [0.1, 0.15) is 0 Å². The van der Waals surface area contributed by atoms with Crippen LogP contribution >= 0.6 is 27.7 Å². The molecule has 1 rings (SSSR count). The Morgan fingerprint density at radius 2 is 2.13 bits per heavy atom. The third-order valence-corrected chi connectivity index (χ3v) is 2.48. The molecule has 4 nitrogen and oxygen atoms in total. The van der Waals surface area contributed by atoms with Gasteiger partial charge in [-0.15, -0.1) is 0 Å². The van der Waals surface area contributed by atoms with Crippen LogP contribution in [0.5, 0.6) is 0 Å². The molecule has 1 heterocycles. The zero-order valence-electron chi connectivity index (χ0n) is 6.79. The van der Waals surface area contributed by atoms with Crippen molar-refractivity contribution in [2.75, 3.05) is 0 Å². The quantitative estimate of drug-likeness (QED) is 0.477. The van der Waals surface area contributed by atoms with Gasteiger partial charge in [0, 0.05) is 0 Å². The molecular formula is C6H2BrF3N2O2S. The van der Waals surface area contributed by atoms with Gasteiger partial charge < -0.3 is 10.1 Å². The predicted octanol–water partition coefficient (Wildman–Crippen LogP) is 3.36. The van der Waals surface area contributed by atoms with Crippen molar-refractivity contribution in [2.24, 2.45) is 0 Å². The number of pyridine rings is 1. The van der Waals surface area contributed by atoms with Crippen molar-refractivity contribution in [1.29, 1.82) is 0 Å². The van der Waals surface area contributed by atoms with Gasteiger partial charge in [-0.1, -0.05) is 0 Å². The van der Waals surface area contributed by atoms with E-state index < -0.39 is 16.2 Å². The number of rotatable bonds is 2. The Hall–Kier alpha value is -0.830. The summed E-state index contributed by atoms with van der Waals surface area (Å²) in [7, 11) is 0. The molecule has 0 radical (unpaired) electrons. The minimum absolute atomic E-state index is 0.0817. The maximum atomic E-state index is 11.9. The third-order valence-electron chi connectivity index (χ3n) is 1.20. The molecule has 1 aromatic rings. The van der Waals surface area contributed by atoms with Crippen molar-refractivity contribution in [1.82, 2.24) is 4.98 Å². The van der Waals surface area contributed by atoms with Crippen molar-refractivity contribution in [2.45, 2.75) is 10.4 Å². The second-order valence-electron chi connectivity index (χ2n) is 2.28. The van der Waals surface area contributed by atoms with Crippen molar-refractivity contribution in [3.8, 4) is 0 Å². The number of halogens is 4. The van der Waals surface area contributed by atoms with Gasteiger partial charge >= 0.3 is 11.3 Å². The molecule has 0 aliphatic heterocycles. The zero-order valence-corrected chi connectivity index (χ0v) is 9.19. The number of nitrogens with zero attached hydrogens (tertiary/aromatic N) is 2. The second-order valence-corrected chi connectivity index (χ2v) is 4.27. The first-order chi connectivity index (χ1) is 6.79. The van der Waals surface area contributed by atoms with E-state index in [0.717, 1.165) is 12.3 Å². The summed E-state index contributed by atoms with van der Waals surface area (Å²) in [5.41, 5.74) is -4.43. The molecule has 15 heavy (non-hydrogen) atoms. The molecule has 0 N–H and O–H groups in total. The van der Waals surface area contributed by atoms with Crippen molar-refractivity contribution < 1.29 is 18.1 Å². The lowest BCUT2D eigenvalue weighted by Gasteiger charge is -2.03. The molecule has 0 bridgehead atoms.